The zero-order chi connectivity index (χ0) is 18.5. The van der Waals surface area contributed by atoms with Crippen molar-refractivity contribution in [2.24, 2.45) is 0 Å². The Bertz CT molecular complexity index is 755. The van der Waals surface area contributed by atoms with Crippen LogP contribution in [0.1, 0.15) is 24.2 Å². The van der Waals surface area contributed by atoms with Gasteiger partial charge in [-0.25, -0.2) is 0 Å². The highest BCUT2D eigenvalue weighted by Crippen LogP contribution is 2.28. The van der Waals surface area contributed by atoms with Crippen molar-refractivity contribution in [1.82, 2.24) is 4.90 Å². The Morgan fingerprint density at radius 1 is 1.04 bits per heavy atom. The van der Waals surface area contributed by atoms with Gasteiger partial charge in [-0.3, -0.25) is 4.79 Å². The standard InChI is InChI=1S/C21H26N2O2S/c1-16(2)26-20-10-5-4-9-19(20)21(24)23-13-11-22(12-14-23)17-7-6-8-18(15-17)25-3/h4-10,15-16H,11-14H2,1-3H3. The molecule has 1 amide bonds. The van der Waals surface area contributed by atoms with Crippen molar-refractivity contribution in [3.63, 3.8) is 0 Å². The summed E-state index contributed by atoms with van der Waals surface area (Å²) in [7, 11) is 1.68. The number of carbonyl (C=O) groups excluding carboxylic acids is 1. The number of thioether (sulfide) groups is 1. The molecule has 0 radical (unpaired) electrons. The van der Waals surface area contributed by atoms with Crippen LogP contribution in [0.4, 0.5) is 5.69 Å². The molecule has 0 atom stereocenters. The molecule has 0 unspecified atom stereocenters. The van der Waals surface area contributed by atoms with Gasteiger partial charge in [0.1, 0.15) is 5.75 Å². The number of ether oxygens (including phenoxy) is 1. The summed E-state index contributed by atoms with van der Waals surface area (Å²) in [6.45, 7) is 7.43. The summed E-state index contributed by atoms with van der Waals surface area (Å²) in [4.78, 5) is 18.4. The SMILES string of the molecule is COc1cccc(N2CCN(C(=O)c3ccccc3SC(C)C)CC2)c1. The number of methoxy groups -OCH3 is 1. The van der Waals surface area contributed by atoms with Gasteiger partial charge in [0.25, 0.3) is 5.91 Å². The molecular formula is C21H26N2O2S. The van der Waals surface area contributed by atoms with Gasteiger partial charge < -0.3 is 14.5 Å². The highest BCUT2D eigenvalue weighted by atomic mass is 32.2. The Morgan fingerprint density at radius 3 is 2.46 bits per heavy atom. The fourth-order valence-corrected chi connectivity index (χ4v) is 4.09. The lowest BCUT2D eigenvalue weighted by atomic mass is 10.1. The Kier molecular flexibility index (Phi) is 6.09. The van der Waals surface area contributed by atoms with Crippen LogP contribution in [0.25, 0.3) is 0 Å². The predicted octanol–water partition coefficient (Wildman–Crippen LogP) is 4.16. The third-order valence-electron chi connectivity index (χ3n) is 4.47. The number of piperazine rings is 1. The van der Waals surface area contributed by atoms with Crippen LogP contribution < -0.4 is 9.64 Å². The van der Waals surface area contributed by atoms with Gasteiger partial charge in [-0.15, -0.1) is 11.8 Å². The van der Waals surface area contributed by atoms with Crippen molar-refractivity contribution >= 4 is 23.4 Å². The largest absolute Gasteiger partial charge is 0.497 e. The number of anilines is 1. The smallest absolute Gasteiger partial charge is 0.255 e. The molecule has 3 rings (SSSR count). The van der Waals surface area contributed by atoms with Gasteiger partial charge in [-0.1, -0.05) is 32.0 Å². The maximum atomic E-state index is 13.0. The molecule has 1 fully saturated rings. The lowest BCUT2D eigenvalue weighted by Crippen LogP contribution is -2.48. The molecule has 0 saturated carbocycles. The number of hydrogen-bond acceptors (Lipinski definition) is 4. The first-order valence-electron chi connectivity index (χ1n) is 9.02. The van der Waals surface area contributed by atoms with E-state index in [2.05, 4.69) is 24.8 Å². The molecule has 0 bridgehead atoms. The van der Waals surface area contributed by atoms with Crippen molar-refractivity contribution in [3.05, 3.63) is 54.1 Å². The van der Waals surface area contributed by atoms with Gasteiger partial charge in [0.2, 0.25) is 0 Å². The number of benzene rings is 2. The second kappa shape index (κ2) is 8.49. The third kappa shape index (κ3) is 4.33. The Morgan fingerprint density at radius 2 is 1.77 bits per heavy atom. The van der Waals surface area contributed by atoms with E-state index in [0.29, 0.717) is 5.25 Å². The van der Waals surface area contributed by atoms with Crippen molar-refractivity contribution < 1.29 is 9.53 Å². The molecule has 1 aliphatic heterocycles. The monoisotopic (exact) mass is 370 g/mol. The van der Waals surface area contributed by atoms with Gasteiger partial charge in [0.05, 0.1) is 12.7 Å². The number of amides is 1. The Hall–Kier alpha value is -2.14. The van der Waals surface area contributed by atoms with E-state index >= 15 is 0 Å². The molecule has 1 heterocycles. The van der Waals surface area contributed by atoms with Crippen LogP contribution in [0.5, 0.6) is 5.75 Å². The van der Waals surface area contributed by atoms with E-state index in [1.165, 1.54) is 0 Å². The first-order chi connectivity index (χ1) is 12.6. The van der Waals surface area contributed by atoms with Crippen LogP contribution in [-0.2, 0) is 0 Å². The van der Waals surface area contributed by atoms with Crippen molar-refractivity contribution in [1.29, 1.82) is 0 Å². The maximum absolute atomic E-state index is 13.0. The molecule has 0 N–H and O–H groups in total. The summed E-state index contributed by atoms with van der Waals surface area (Å²) in [5.41, 5.74) is 1.97. The lowest BCUT2D eigenvalue weighted by Gasteiger charge is -2.36. The zero-order valence-corrected chi connectivity index (χ0v) is 16.5. The first-order valence-corrected chi connectivity index (χ1v) is 9.90. The number of rotatable bonds is 5. The highest BCUT2D eigenvalue weighted by Gasteiger charge is 2.24. The lowest BCUT2D eigenvalue weighted by molar-refractivity contribution is 0.0743. The third-order valence-corrected chi connectivity index (χ3v) is 5.55. The van der Waals surface area contributed by atoms with Crippen LogP contribution in [0, 0.1) is 0 Å². The van der Waals surface area contributed by atoms with E-state index < -0.39 is 0 Å². The summed E-state index contributed by atoms with van der Waals surface area (Å²) < 4.78 is 5.31. The Balaban J connectivity index is 1.67. The molecule has 1 saturated heterocycles. The minimum absolute atomic E-state index is 0.138. The number of hydrogen-bond donors (Lipinski definition) is 0. The second-order valence-electron chi connectivity index (χ2n) is 6.64. The Labute approximate surface area is 160 Å². The van der Waals surface area contributed by atoms with Gasteiger partial charge in [-0.2, -0.15) is 0 Å². The average Bonchev–Trinajstić information content (AvgIpc) is 2.67. The normalized spacial score (nSPS) is 14.6. The molecule has 138 valence electrons. The molecule has 0 aromatic heterocycles. The number of carbonyl (C=O) groups is 1. The highest BCUT2D eigenvalue weighted by molar-refractivity contribution is 8.00. The van der Waals surface area contributed by atoms with Crippen LogP contribution in [0.2, 0.25) is 0 Å². The molecule has 4 nitrogen and oxygen atoms in total. The molecule has 26 heavy (non-hydrogen) atoms. The van der Waals surface area contributed by atoms with Gasteiger partial charge in [0, 0.05) is 48.1 Å². The topological polar surface area (TPSA) is 32.8 Å². The van der Waals surface area contributed by atoms with Crippen LogP contribution in [0.15, 0.2) is 53.4 Å². The van der Waals surface area contributed by atoms with Crippen LogP contribution in [-0.4, -0.2) is 49.3 Å². The number of nitrogens with zero attached hydrogens (tertiary/aromatic N) is 2. The van der Waals surface area contributed by atoms with Crippen LogP contribution >= 0.6 is 11.8 Å². The summed E-state index contributed by atoms with van der Waals surface area (Å²) >= 11 is 1.75. The summed E-state index contributed by atoms with van der Waals surface area (Å²) in [5, 5.41) is 0.453. The maximum Gasteiger partial charge on any atom is 0.255 e. The summed E-state index contributed by atoms with van der Waals surface area (Å²) in [5.74, 6) is 1.000. The summed E-state index contributed by atoms with van der Waals surface area (Å²) in [6, 6.07) is 16.0. The van der Waals surface area contributed by atoms with Crippen molar-refractivity contribution in [2.75, 3.05) is 38.2 Å². The molecule has 1 aliphatic rings. The molecule has 0 aliphatic carbocycles. The fourth-order valence-electron chi connectivity index (χ4n) is 3.15. The molecular weight excluding hydrogens is 344 g/mol. The van der Waals surface area contributed by atoms with Gasteiger partial charge in [-0.05, 0) is 24.3 Å². The van der Waals surface area contributed by atoms with Crippen molar-refractivity contribution in [3.8, 4) is 5.75 Å². The second-order valence-corrected chi connectivity index (χ2v) is 8.26. The van der Waals surface area contributed by atoms with Gasteiger partial charge in [0.15, 0.2) is 0 Å². The van der Waals surface area contributed by atoms with Gasteiger partial charge >= 0.3 is 0 Å². The van der Waals surface area contributed by atoms with E-state index in [4.69, 9.17) is 4.74 Å². The summed E-state index contributed by atoms with van der Waals surface area (Å²) in [6.07, 6.45) is 0. The van der Waals surface area contributed by atoms with Crippen LogP contribution in [0.3, 0.4) is 0 Å². The quantitative estimate of drug-likeness (QED) is 0.740. The van der Waals surface area contributed by atoms with E-state index in [1.807, 2.05) is 47.4 Å². The minimum atomic E-state index is 0.138. The molecule has 0 spiro atoms. The van der Waals surface area contributed by atoms with E-state index in [1.54, 1.807) is 18.9 Å². The van der Waals surface area contributed by atoms with E-state index in [0.717, 1.165) is 48.1 Å². The molecule has 2 aromatic carbocycles. The molecule has 2 aromatic rings. The molecule has 5 heteroatoms. The minimum Gasteiger partial charge on any atom is -0.497 e. The van der Waals surface area contributed by atoms with E-state index in [9.17, 15) is 4.79 Å². The van der Waals surface area contributed by atoms with Crippen molar-refractivity contribution in [2.45, 2.75) is 24.0 Å². The zero-order valence-electron chi connectivity index (χ0n) is 15.6. The predicted molar refractivity (Wildman–Crippen MR) is 109 cm³/mol. The fraction of sp³-hybridized carbons (Fsp3) is 0.381. The van der Waals surface area contributed by atoms with E-state index in [-0.39, 0.29) is 5.91 Å². The first kappa shape index (κ1) is 18.6. The average molecular weight is 371 g/mol.